The standard InChI is InChI=1S/C59H42N4/c1-41-20-5-4-18-37-62(45-25-19-26-46(39-45)63-57-33-16-14-30-50(57)51-31-15-17-34-58(51)63)56-36-35-44(38-53(41)56)47-27-10-11-28-48(47)49-29-12-13-32-52(49)59-60-54(42-21-6-2-7-22-42)40-55(61-59)43-23-8-3-9-24-43/h2-36,38-40H,1,37H2/b18-4-,20-5-. The summed E-state index contributed by atoms with van der Waals surface area (Å²) in [6.07, 6.45) is 8.53. The van der Waals surface area contributed by atoms with Crippen molar-refractivity contribution in [1.82, 2.24) is 14.5 Å². The van der Waals surface area contributed by atoms with Crippen molar-refractivity contribution in [2.75, 3.05) is 11.4 Å². The zero-order valence-electron chi connectivity index (χ0n) is 34.6. The molecule has 0 spiro atoms. The van der Waals surface area contributed by atoms with Gasteiger partial charge in [0, 0.05) is 56.6 Å². The Hall–Kier alpha value is -8.34. The highest BCUT2D eigenvalue weighted by atomic mass is 15.1. The van der Waals surface area contributed by atoms with E-state index in [1.165, 1.54) is 21.8 Å². The Morgan fingerprint density at radius 2 is 0.968 bits per heavy atom. The van der Waals surface area contributed by atoms with Crippen LogP contribution in [0.3, 0.4) is 0 Å². The molecule has 2 aromatic heterocycles. The molecule has 0 saturated carbocycles. The Balaban J connectivity index is 1.02. The van der Waals surface area contributed by atoms with Gasteiger partial charge in [-0.3, -0.25) is 0 Å². The zero-order valence-corrected chi connectivity index (χ0v) is 34.6. The molecule has 0 bridgehead atoms. The lowest BCUT2D eigenvalue weighted by molar-refractivity contribution is 1.08. The average Bonchev–Trinajstić information content (AvgIpc) is 3.73. The maximum atomic E-state index is 5.23. The molecule has 0 radical (unpaired) electrons. The van der Waals surface area contributed by atoms with Gasteiger partial charge in [-0.15, -0.1) is 0 Å². The van der Waals surface area contributed by atoms with Crippen LogP contribution in [0, 0.1) is 0 Å². The Morgan fingerprint density at radius 1 is 0.413 bits per heavy atom. The minimum Gasteiger partial charge on any atom is -0.337 e. The maximum absolute atomic E-state index is 5.23. The predicted molar refractivity (Wildman–Crippen MR) is 264 cm³/mol. The van der Waals surface area contributed by atoms with Crippen molar-refractivity contribution in [2.45, 2.75) is 0 Å². The van der Waals surface area contributed by atoms with E-state index in [0.717, 1.165) is 78.5 Å². The fourth-order valence-corrected chi connectivity index (χ4v) is 9.01. The van der Waals surface area contributed by atoms with Crippen molar-refractivity contribution in [2.24, 2.45) is 0 Å². The maximum Gasteiger partial charge on any atom is 0.161 e. The second-order valence-corrected chi connectivity index (χ2v) is 15.8. The van der Waals surface area contributed by atoms with Gasteiger partial charge in [0.25, 0.3) is 0 Å². The topological polar surface area (TPSA) is 34.0 Å². The van der Waals surface area contributed by atoms with Gasteiger partial charge in [-0.05, 0) is 76.4 Å². The molecule has 4 heteroatoms. The molecule has 1 aliphatic heterocycles. The summed E-state index contributed by atoms with van der Waals surface area (Å²) in [4.78, 5) is 12.9. The molecule has 1 aliphatic rings. The van der Waals surface area contributed by atoms with Crippen molar-refractivity contribution < 1.29 is 0 Å². The van der Waals surface area contributed by atoms with Gasteiger partial charge in [0.15, 0.2) is 5.82 Å². The van der Waals surface area contributed by atoms with Gasteiger partial charge in [0.05, 0.1) is 22.4 Å². The van der Waals surface area contributed by atoms with Gasteiger partial charge in [0.1, 0.15) is 0 Å². The number of fused-ring (bicyclic) bond motifs is 4. The van der Waals surface area contributed by atoms with Crippen molar-refractivity contribution in [3.63, 3.8) is 0 Å². The first-order valence-electron chi connectivity index (χ1n) is 21.4. The molecule has 0 atom stereocenters. The van der Waals surface area contributed by atoms with Crippen LogP contribution in [0.15, 0.2) is 237 Å². The van der Waals surface area contributed by atoms with Crippen LogP contribution in [0.1, 0.15) is 5.56 Å². The van der Waals surface area contributed by atoms with Crippen molar-refractivity contribution in [3.05, 3.63) is 243 Å². The normalized spacial score (nSPS) is 13.6. The molecule has 3 heterocycles. The predicted octanol–water partition coefficient (Wildman–Crippen LogP) is 15.2. The number of allylic oxidation sites excluding steroid dienone is 4. The van der Waals surface area contributed by atoms with Crippen molar-refractivity contribution >= 4 is 38.8 Å². The van der Waals surface area contributed by atoms with Gasteiger partial charge >= 0.3 is 0 Å². The molecule has 11 rings (SSSR count). The van der Waals surface area contributed by atoms with Gasteiger partial charge in [-0.25, -0.2) is 9.97 Å². The number of hydrogen-bond donors (Lipinski definition) is 0. The Bertz CT molecular complexity index is 3280. The van der Waals surface area contributed by atoms with Crippen LogP contribution in [0.4, 0.5) is 11.4 Å². The van der Waals surface area contributed by atoms with Crippen LogP contribution in [-0.2, 0) is 0 Å². The molecule has 0 unspecified atom stereocenters. The molecular formula is C59H42N4. The van der Waals surface area contributed by atoms with E-state index in [-0.39, 0.29) is 0 Å². The summed E-state index contributed by atoms with van der Waals surface area (Å²) in [6, 6.07) is 73.0. The molecule has 63 heavy (non-hydrogen) atoms. The lowest BCUT2D eigenvalue weighted by Crippen LogP contribution is -2.18. The van der Waals surface area contributed by atoms with Gasteiger partial charge < -0.3 is 9.47 Å². The SMILES string of the molecule is C=C1/C=C\C=C/CN(c2cccc(-n3c4ccccc4c4ccccc43)c2)c2ccc(-c3ccccc3-c3ccccc3-c3nc(-c4ccccc4)cc(-c4ccccc4)n3)cc21. The second-order valence-electron chi connectivity index (χ2n) is 15.8. The molecule has 0 aliphatic carbocycles. The Kier molecular flexibility index (Phi) is 9.72. The highest BCUT2D eigenvalue weighted by Crippen LogP contribution is 2.42. The third-order valence-corrected chi connectivity index (χ3v) is 12.0. The molecule has 0 N–H and O–H groups in total. The first-order chi connectivity index (χ1) is 31.2. The highest BCUT2D eigenvalue weighted by Gasteiger charge is 2.21. The molecule has 0 amide bonds. The minimum atomic E-state index is 0.680. The molecule has 4 nitrogen and oxygen atoms in total. The minimum absolute atomic E-state index is 0.680. The third kappa shape index (κ3) is 7.04. The van der Waals surface area contributed by atoms with E-state index in [2.05, 4.69) is 234 Å². The molecular weight excluding hydrogens is 765 g/mol. The summed E-state index contributed by atoms with van der Waals surface area (Å²) in [5, 5.41) is 2.50. The van der Waals surface area contributed by atoms with Crippen LogP contribution in [-0.4, -0.2) is 21.1 Å². The first kappa shape index (κ1) is 37.6. The van der Waals surface area contributed by atoms with E-state index in [4.69, 9.17) is 9.97 Å². The lowest BCUT2D eigenvalue weighted by Gasteiger charge is -2.27. The monoisotopic (exact) mass is 806 g/mol. The quantitative estimate of drug-likeness (QED) is 0.161. The fraction of sp³-hybridized carbons (Fsp3) is 0.0169. The van der Waals surface area contributed by atoms with E-state index in [9.17, 15) is 0 Å². The highest BCUT2D eigenvalue weighted by molar-refractivity contribution is 6.09. The number of hydrogen-bond acceptors (Lipinski definition) is 3. The second kappa shape index (κ2) is 16.3. The van der Waals surface area contributed by atoms with Crippen LogP contribution in [0.2, 0.25) is 0 Å². The largest absolute Gasteiger partial charge is 0.337 e. The lowest BCUT2D eigenvalue weighted by atomic mass is 9.89. The van der Waals surface area contributed by atoms with Crippen LogP contribution in [0.25, 0.3) is 89.2 Å². The van der Waals surface area contributed by atoms with E-state index < -0.39 is 0 Å². The van der Waals surface area contributed by atoms with E-state index >= 15 is 0 Å². The Morgan fingerprint density at radius 3 is 1.63 bits per heavy atom. The molecule has 8 aromatic carbocycles. The smallest absolute Gasteiger partial charge is 0.161 e. The summed E-state index contributed by atoms with van der Waals surface area (Å²) < 4.78 is 2.38. The van der Waals surface area contributed by atoms with E-state index in [1.807, 2.05) is 12.1 Å². The van der Waals surface area contributed by atoms with E-state index in [0.29, 0.717) is 12.4 Å². The van der Waals surface area contributed by atoms with Gasteiger partial charge in [-0.1, -0.05) is 189 Å². The van der Waals surface area contributed by atoms with Crippen LogP contribution in [0.5, 0.6) is 0 Å². The van der Waals surface area contributed by atoms with Crippen LogP contribution >= 0.6 is 0 Å². The summed E-state index contributed by atoms with van der Waals surface area (Å²) in [7, 11) is 0. The number of benzene rings is 8. The number of rotatable bonds is 7. The number of aromatic nitrogens is 3. The molecule has 10 aromatic rings. The van der Waals surface area contributed by atoms with E-state index in [1.54, 1.807) is 0 Å². The molecule has 0 fully saturated rings. The van der Waals surface area contributed by atoms with Crippen molar-refractivity contribution in [1.29, 1.82) is 0 Å². The van der Waals surface area contributed by atoms with Crippen LogP contribution < -0.4 is 4.90 Å². The average molecular weight is 807 g/mol. The summed E-state index contributed by atoms with van der Waals surface area (Å²) in [6.45, 7) is 5.31. The van der Waals surface area contributed by atoms with Gasteiger partial charge in [-0.2, -0.15) is 0 Å². The summed E-state index contributed by atoms with van der Waals surface area (Å²) in [5.41, 5.74) is 16.9. The number of nitrogens with zero attached hydrogens (tertiary/aromatic N) is 4. The van der Waals surface area contributed by atoms with Gasteiger partial charge in [0.2, 0.25) is 0 Å². The Labute approximate surface area is 367 Å². The fourth-order valence-electron chi connectivity index (χ4n) is 9.01. The number of anilines is 2. The zero-order chi connectivity index (χ0) is 42.1. The first-order valence-corrected chi connectivity index (χ1v) is 21.4. The molecule has 0 saturated heterocycles. The summed E-state index contributed by atoms with van der Waals surface area (Å²) in [5.74, 6) is 0.680. The third-order valence-electron chi connectivity index (χ3n) is 12.0. The summed E-state index contributed by atoms with van der Waals surface area (Å²) >= 11 is 0. The number of para-hydroxylation sites is 2. The van der Waals surface area contributed by atoms with Crippen molar-refractivity contribution in [3.8, 4) is 61.8 Å². The molecule has 298 valence electrons.